The fourth-order valence-electron chi connectivity index (χ4n) is 2.73. The second-order valence-electron chi connectivity index (χ2n) is 6.44. The Balaban J connectivity index is 1.82. The van der Waals surface area contributed by atoms with Gasteiger partial charge in [-0.1, -0.05) is 13.0 Å². The van der Waals surface area contributed by atoms with Crippen molar-refractivity contribution in [1.82, 2.24) is 0 Å². The molecule has 0 saturated carbocycles. The minimum absolute atomic E-state index is 0.175. The molecule has 156 valence electrons. The van der Waals surface area contributed by atoms with Gasteiger partial charge in [-0.15, -0.1) is 11.3 Å². The van der Waals surface area contributed by atoms with Crippen LogP contribution in [0.5, 0.6) is 0 Å². The number of benzene rings is 1. The fourth-order valence-corrected chi connectivity index (χ4v) is 3.71. The summed E-state index contributed by atoms with van der Waals surface area (Å²) in [7, 11) is 0. The van der Waals surface area contributed by atoms with Crippen LogP contribution >= 0.6 is 11.3 Å². The summed E-state index contributed by atoms with van der Waals surface area (Å²) in [5.74, 6) is -1.09. The van der Waals surface area contributed by atoms with Crippen LogP contribution in [0.3, 0.4) is 0 Å². The van der Waals surface area contributed by atoms with Gasteiger partial charge in [-0.3, -0.25) is 9.59 Å². The Labute approximate surface area is 178 Å². The molecule has 7 nitrogen and oxygen atoms in total. The van der Waals surface area contributed by atoms with Crippen LogP contribution < -0.4 is 10.6 Å². The largest absolute Gasteiger partial charge is 0.462 e. The van der Waals surface area contributed by atoms with Crippen LogP contribution in [0.25, 0.3) is 0 Å². The maximum atomic E-state index is 12.8. The molecular formula is C22H22N2O5S. The standard InChI is InChI=1S/C22H22N2O5S/c1-4-15-12-16(22(27)28-5-2)21(30-15)24-19(25)14-9-8-13(3)17(11-14)23-20(26)18-7-6-10-29-18/h6-12H,4-5H2,1-3H3,(H,23,26)(H,24,25). The van der Waals surface area contributed by atoms with Gasteiger partial charge >= 0.3 is 5.97 Å². The zero-order valence-electron chi connectivity index (χ0n) is 16.9. The van der Waals surface area contributed by atoms with Crippen LogP contribution in [0.15, 0.2) is 47.1 Å². The van der Waals surface area contributed by atoms with E-state index < -0.39 is 17.8 Å². The van der Waals surface area contributed by atoms with Crippen LogP contribution in [0.4, 0.5) is 10.7 Å². The summed E-state index contributed by atoms with van der Waals surface area (Å²) in [5.41, 5.74) is 1.97. The van der Waals surface area contributed by atoms with E-state index in [4.69, 9.17) is 9.15 Å². The average molecular weight is 426 g/mol. The molecule has 2 heterocycles. The summed E-state index contributed by atoms with van der Waals surface area (Å²) in [6.45, 7) is 5.78. The summed E-state index contributed by atoms with van der Waals surface area (Å²) in [6, 6.07) is 9.90. The third-order valence-electron chi connectivity index (χ3n) is 4.35. The van der Waals surface area contributed by atoms with Gasteiger partial charge in [0, 0.05) is 16.1 Å². The molecule has 8 heteroatoms. The quantitative estimate of drug-likeness (QED) is 0.524. The molecule has 0 unspecified atom stereocenters. The Morgan fingerprint density at radius 2 is 1.87 bits per heavy atom. The number of aryl methyl sites for hydroxylation is 2. The van der Waals surface area contributed by atoms with Crippen molar-refractivity contribution < 1.29 is 23.5 Å². The molecule has 0 bridgehead atoms. The second-order valence-corrected chi connectivity index (χ2v) is 7.58. The Morgan fingerprint density at radius 3 is 2.53 bits per heavy atom. The van der Waals surface area contributed by atoms with Gasteiger partial charge in [-0.2, -0.15) is 0 Å². The lowest BCUT2D eigenvalue weighted by atomic mass is 10.1. The van der Waals surface area contributed by atoms with Gasteiger partial charge in [0.2, 0.25) is 0 Å². The van der Waals surface area contributed by atoms with Gasteiger partial charge in [-0.05, 0) is 56.2 Å². The van der Waals surface area contributed by atoms with E-state index in [1.165, 1.54) is 17.6 Å². The SMILES string of the molecule is CCOC(=O)c1cc(CC)sc1NC(=O)c1ccc(C)c(NC(=O)c2ccco2)c1. The molecule has 3 aromatic rings. The molecule has 2 aromatic heterocycles. The topological polar surface area (TPSA) is 97.6 Å². The first-order valence-electron chi connectivity index (χ1n) is 9.49. The number of furan rings is 1. The first-order valence-corrected chi connectivity index (χ1v) is 10.3. The first kappa shape index (κ1) is 21.3. The molecule has 2 amide bonds. The van der Waals surface area contributed by atoms with Crippen molar-refractivity contribution >= 4 is 39.8 Å². The number of hydrogen-bond acceptors (Lipinski definition) is 6. The lowest BCUT2D eigenvalue weighted by Crippen LogP contribution is -2.16. The summed E-state index contributed by atoms with van der Waals surface area (Å²) >= 11 is 1.34. The smallest absolute Gasteiger partial charge is 0.341 e. The highest BCUT2D eigenvalue weighted by Gasteiger charge is 2.20. The zero-order valence-corrected chi connectivity index (χ0v) is 17.7. The zero-order chi connectivity index (χ0) is 21.7. The highest BCUT2D eigenvalue weighted by Crippen LogP contribution is 2.30. The number of carbonyl (C=O) groups excluding carboxylic acids is 3. The molecule has 0 aliphatic rings. The maximum absolute atomic E-state index is 12.8. The number of nitrogens with one attached hydrogen (secondary N) is 2. The molecule has 0 saturated heterocycles. The average Bonchev–Trinajstić information content (AvgIpc) is 3.39. The van der Waals surface area contributed by atoms with Crippen molar-refractivity contribution in [1.29, 1.82) is 0 Å². The Hall–Kier alpha value is -3.39. The van der Waals surface area contributed by atoms with Crippen molar-refractivity contribution in [2.24, 2.45) is 0 Å². The van der Waals surface area contributed by atoms with Crippen molar-refractivity contribution in [3.63, 3.8) is 0 Å². The van der Waals surface area contributed by atoms with E-state index >= 15 is 0 Å². The lowest BCUT2D eigenvalue weighted by Gasteiger charge is -2.10. The molecule has 3 rings (SSSR count). The van der Waals surface area contributed by atoms with E-state index in [9.17, 15) is 14.4 Å². The predicted octanol–water partition coefficient (Wildman–Crippen LogP) is 4.89. The molecule has 1 aromatic carbocycles. The van der Waals surface area contributed by atoms with Gasteiger partial charge in [0.05, 0.1) is 18.4 Å². The summed E-state index contributed by atoms with van der Waals surface area (Å²) in [4.78, 5) is 38.3. The Morgan fingerprint density at radius 1 is 1.07 bits per heavy atom. The minimum atomic E-state index is -0.473. The van der Waals surface area contributed by atoms with E-state index in [1.54, 1.807) is 43.3 Å². The number of ether oxygens (including phenoxy) is 1. The van der Waals surface area contributed by atoms with Gasteiger partial charge in [-0.25, -0.2) is 4.79 Å². The summed E-state index contributed by atoms with van der Waals surface area (Å²) in [5, 5.41) is 5.98. The van der Waals surface area contributed by atoms with Gasteiger partial charge in [0.25, 0.3) is 11.8 Å². The molecule has 0 aliphatic heterocycles. The molecule has 0 fully saturated rings. The van der Waals surface area contributed by atoms with Crippen molar-refractivity contribution in [3.8, 4) is 0 Å². The highest BCUT2D eigenvalue weighted by atomic mass is 32.1. The number of rotatable bonds is 7. The van der Waals surface area contributed by atoms with Crippen LogP contribution in [-0.2, 0) is 11.2 Å². The normalized spacial score (nSPS) is 10.5. The monoisotopic (exact) mass is 426 g/mol. The van der Waals surface area contributed by atoms with E-state index in [2.05, 4.69) is 10.6 Å². The van der Waals surface area contributed by atoms with E-state index in [1.807, 2.05) is 13.8 Å². The predicted molar refractivity (Wildman–Crippen MR) is 115 cm³/mol. The number of esters is 1. The third-order valence-corrected chi connectivity index (χ3v) is 5.54. The van der Waals surface area contributed by atoms with Gasteiger partial charge in [0.15, 0.2) is 5.76 Å². The van der Waals surface area contributed by atoms with E-state index in [0.29, 0.717) is 21.8 Å². The molecular weight excluding hydrogens is 404 g/mol. The van der Waals surface area contributed by atoms with Crippen LogP contribution in [-0.4, -0.2) is 24.4 Å². The molecule has 30 heavy (non-hydrogen) atoms. The number of amides is 2. The van der Waals surface area contributed by atoms with Crippen LogP contribution in [0.2, 0.25) is 0 Å². The third kappa shape index (κ3) is 4.77. The van der Waals surface area contributed by atoms with Crippen molar-refractivity contribution in [2.75, 3.05) is 17.2 Å². The fraction of sp³-hybridized carbons (Fsp3) is 0.227. The number of hydrogen-bond donors (Lipinski definition) is 2. The van der Waals surface area contributed by atoms with Gasteiger partial charge in [0.1, 0.15) is 5.00 Å². The molecule has 2 N–H and O–H groups in total. The number of anilines is 2. The maximum Gasteiger partial charge on any atom is 0.341 e. The van der Waals surface area contributed by atoms with Crippen LogP contribution in [0.1, 0.15) is 55.6 Å². The number of thiophene rings is 1. The molecule has 0 aliphatic carbocycles. The Kier molecular flexibility index (Phi) is 6.68. The van der Waals surface area contributed by atoms with Crippen LogP contribution in [0, 0.1) is 6.92 Å². The summed E-state index contributed by atoms with van der Waals surface area (Å²) < 4.78 is 10.2. The minimum Gasteiger partial charge on any atom is -0.462 e. The lowest BCUT2D eigenvalue weighted by molar-refractivity contribution is 0.0528. The van der Waals surface area contributed by atoms with Crippen molar-refractivity contribution in [3.05, 3.63) is 70.0 Å². The highest BCUT2D eigenvalue weighted by molar-refractivity contribution is 7.16. The molecule has 0 radical (unpaired) electrons. The van der Waals surface area contributed by atoms with E-state index in [0.717, 1.165) is 16.9 Å². The molecule has 0 spiro atoms. The van der Waals surface area contributed by atoms with E-state index in [-0.39, 0.29) is 12.4 Å². The molecule has 0 atom stereocenters. The van der Waals surface area contributed by atoms with Crippen molar-refractivity contribution in [2.45, 2.75) is 27.2 Å². The van der Waals surface area contributed by atoms with Gasteiger partial charge < -0.3 is 19.8 Å². The number of carbonyl (C=O) groups is 3. The summed E-state index contributed by atoms with van der Waals surface area (Å²) in [6.07, 6.45) is 2.15. The first-order chi connectivity index (χ1) is 14.4. The second kappa shape index (κ2) is 9.41. The Bertz CT molecular complexity index is 1070.